The first-order valence-corrected chi connectivity index (χ1v) is 6.42. The first-order valence-electron chi connectivity index (χ1n) is 6.42. The molecule has 19 heavy (non-hydrogen) atoms. The van der Waals surface area contributed by atoms with Crippen LogP contribution in [0.15, 0.2) is 24.3 Å². The van der Waals surface area contributed by atoms with E-state index in [0.29, 0.717) is 12.0 Å². The molecule has 0 aliphatic heterocycles. The summed E-state index contributed by atoms with van der Waals surface area (Å²) < 4.78 is 13.0. The number of amides is 2. The Kier molecular flexibility index (Phi) is 6.29. The van der Waals surface area contributed by atoms with Crippen LogP contribution in [0.25, 0.3) is 0 Å². The molecule has 106 valence electrons. The van der Waals surface area contributed by atoms with Gasteiger partial charge in [0.25, 0.3) is 0 Å². The average molecular weight is 268 g/mol. The lowest BCUT2D eigenvalue weighted by atomic mass is 10.0. The molecule has 0 fully saturated rings. The van der Waals surface area contributed by atoms with Crippen LogP contribution >= 0.6 is 0 Å². The van der Waals surface area contributed by atoms with Gasteiger partial charge >= 0.3 is 6.03 Å². The van der Waals surface area contributed by atoms with Crippen molar-refractivity contribution in [3.05, 3.63) is 35.6 Å². The Morgan fingerprint density at radius 2 is 2.16 bits per heavy atom. The average Bonchev–Trinajstić information content (AvgIpc) is 2.36. The van der Waals surface area contributed by atoms with E-state index < -0.39 is 0 Å². The van der Waals surface area contributed by atoms with E-state index in [0.717, 1.165) is 0 Å². The zero-order chi connectivity index (χ0) is 14.3. The molecule has 1 aromatic carbocycles. The summed E-state index contributed by atoms with van der Waals surface area (Å²) in [7, 11) is 0. The monoisotopic (exact) mass is 268 g/mol. The molecule has 0 aromatic heterocycles. The van der Waals surface area contributed by atoms with E-state index >= 15 is 0 Å². The number of nitrogens with one attached hydrogen (secondary N) is 2. The van der Waals surface area contributed by atoms with Gasteiger partial charge in [-0.25, -0.2) is 9.18 Å². The van der Waals surface area contributed by atoms with Gasteiger partial charge < -0.3 is 15.7 Å². The summed E-state index contributed by atoms with van der Waals surface area (Å²) >= 11 is 0. The fourth-order valence-corrected chi connectivity index (χ4v) is 1.76. The zero-order valence-corrected chi connectivity index (χ0v) is 11.3. The molecule has 0 bridgehead atoms. The van der Waals surface area contributed by atoms with Crippen molar-refractivity contribution in [3.8, 4) is 0 Å². The van der Waals surface area contributed by atoms with E-state index in [1.165, 1.54) is 12.1 Å². The molecule has 0 aliphatic rings. The summed E-state index contributed by atoms with van der Waals surface area (Å²) in [5.41, 5.74) is 0.707. The molecule has 0 radical (unpaired) electrons. The quantitative estimate of drug-likeness (QED) is 0.739. The van der Waals surface area contributed by atoms with E-state index in [9.17, 15) is 9.18 Å². The molecular formula is C14H21FN2O2. The van der Waals surface area contributed by atoms with Gasteiger partial charge in [-0.3, -0.25) is 0 Å². The Hall–Kier alpha value is -1.62. The van der Waals surface area contributed by atoms with Gasteiger partial charge in [0.2, 0.25) is 0 Å². The zero-order valence-electron chi connectivity index (χ0n) is 11.3. The van der Waals surface area contributed by atoms with Gasteiger partial charge in [0.15, 0.2) is 0 Å². The van der Waals surface area contributed by atoms with Gasteiger partial charge in [0.05, 0.1) is 0 Å². The van der Waals surface area contributed by atoms with Gasteiger partial charge in [-0.05, 0) is 30.0 Å². The SMILES string of the molecule is CC(C)C(CCO)NC(=O)NCc1cccc(F)c1. The Bertz CT molecular complexity index is 410. The minimum Gasteiger partial charge on any atom is -0.396 e. The summed E-state index contributed by atoms with van der Waals surface area (Å²) in [6.45, 7) is 4.26. The standard InChI is InChI=1S/C14H21FN2O2/c1-10(2)13(6-7-18)17-14(19)16-9-11-4-3-5-12(15)8-11/h3-5,8,10,13,18H,6-7,9H2,1-2H3,(H2,16,17,19). The predicted molar refractivity (Wildman–Crippen MR) is 72.1 cm³/mol. The number of carbonyl (C=O) groups excluding carboxylic acids is 1. The Morgan fingerprint density at radius 3 is 2.74 bits per heavy atom. The molecule has 0 saturated carbocycles. The number of carbonyl (C=O) groups is 1. The van der Waals surface area contributed by atoms with E-state index in [4.69, 9.17) is 5.11 Å². The highest BCUT2D eigenvalue weighted by Gasteiger charge is 2.15. The van der Waals surface area contributed by atoms with Crippen LogP contribution in [0.2, 0.25) is 0 Å². The number of benzene rings is 1. The van der Waals surface area contributed by atoms with Crippen LogP contribution in [0.3, 0.4) is 0 Å². The summed E-state index contributed by atoms with van der Waals surface area (Å²) in [6.07, 6.45) is 0.519. The van der Waals surface area contributed by atoms with Crippen molar-refractivity contribution in [1.29, 1.82) is 0 Å². The third kappa shape index (κ3) is 5.70. The molecule has 1 rings (SSSR count). The number of hydrogen-bond donors (Lipinski definition) is 3. The molecule has 0 spiro atoms. The highest BCUT2D eigenvalue weighted by molar-refractivity contribution is 5.74. The Morgan fingerprint density at radius 1 is 1.42 bits per heavy atom. The maximum atomic E-state index is 13.0. The third-order valence-corrected chi connectivity index (χ3v) is 2.90. The molecule has 1 aromatic rings. The van der Waals surface area contributed by atoms with Crippen LogP contribution in [0.5, 0.6) is 0 Å². The summed E-state index contributed by atoms with van der Waals surface area (Å²) in [5.74, 6) is -0.0767. The van der Waals surface area contributed by atoms with Crippen molar-refractivity contribution >= 4 is 6.03 Å². The number of hydrogen-bond acceptors (Lipinski definition) is 2. The highest BCUT2D eigenvalue weighted by atomic mass is 19.1. The topological polar surface area (TPSA) is 61.4 Å². The minimum atomic E-state index is -0.319. The van der Waals surface area contributed by atoms with Crippen molar-refractivity contribution in [1.82, 2.24) is 10.6 Å². The van der Waals surface area contributed by atoms with Crippen LogP contribution in [0.1, 0.15) is 25.8 Å². The molecule has 5 heteroatoms. The van der Waals surface area contributed by atoms with Crippen molar-refractivity contribution < 1.29 is 14.3 Å². The van der Waals surface area contributed by atoms with Gasteiger partial charge in [-0.15, -0.1) is 0 Å². The number of aliphatic hydroxyl groups is 1. The van der Waals surface area contributed by atoms with Gasteiger partial charge in [0.1, 0.15) is 5.82 Å². The number of halogens is 1. The van der Waals surface area contributed by atoms with Gasteiger partial charge in [-0.1, -0.05) is 26.0 Å². The summed E-state index contributed by atoms with van der Waals surface area (Å²) in [4.78, 5) is 11.7. The highest BCUT2D eigenvalue weighted by Crippen LogP contribution is 2.06. The van der Waals surface area contributed by atoms with Crippen molar-refractivity contribution in [2.45, 2.75) is 32.9 Å². The first kappa shape index (κ1) is 15.4. The van der Waals surface area contributed by atoms with E-state index in [2.05, 4.69) is 10.6 Å². The molecule has 3 N–H and O–H groups in total. The Labute approximate surface area is 113 Å². The fourth-order valence-electron chi connectivity index (χ4n) is 1.76. The molecule has 4 nitrogen and oxygen atoms in total. The first-order chi connectivity index (χ1) is 9.02. The summed E-state index contributed by atoms with van der Waals surface area (Å²) in [5, 5.41) is 14.4. The van der Waals surface area contributed by atoms with E-state index in [-0.39, 0.29) is 37.0 Å². The van der Waals surface area contributed by atoms with Gasteiger partial charge in [0, 0.05) is 19.2 Å². The van der Waals surface area contributed by atoms with Crippen LogP contribution in [0, 0.1) is 11.7 Å². The van der Waals surface area contributed by atoms with Gasteiger partial charge in [-0.2, -0.15) is 0 Å². The second-order valence-corrected chi connectivity index (χ2v) is 4.82. The minimum absolute atomic E-state index is 0.0347. The smallest absolute Gasteiger partial charge is 0.315 e. The number of rotatable bonds is 6. The second-order valence-electron chi connectivity index (χ2n) is 4.82. The molecule has 2 amide bonds. The molecular weight excluding hydrogens is 247 g/mol. The lowest BCUT2D eigenvalue weighted by Gasteiger charge is -2.21. The molecule has 0 heterocycles. The molecule has 0 aliphatic carbocycles. The van der Waals surface area contributed by atoms with Crippen molar-refractivity contribution in [2.75, 3.05) is 6.61 Å². The number of urea groups is 1. The lowest BCUT2D eigenvalue weighted by molar-refractivity contribution is 0.218. The normalized spacial score (nSPS) is 12.3. The molecule has 0 saturated heterocycles. The van der Waals surface area contributed by atoms with E-state index in [1.54, 1.807) is 12.1 Å². The Balaban J connectivity index is 2.42. The second kappa shape index (κ2) is 7.74. The van der Waals surface area contributed by atoms with Crippen LogP contribution in [-0.2, 0) is 6.54 Å². The fraction of sp³-hybridized carbons (Fsp3) is 0.500. The van der Waals surface area contributed by atoms with Crippen molar-refractivity contribution in [3.63, 3.8) is 0 Å². The van der Waals surface area contributed by atoms with E-state index in [1.807, 2.05) is 13.8 Å². The summed E-state index contributed by atoms with van der Waals surface area (Å²) in [6, 6.07) is 5.71. The maximum absolute atomic E-state index is 13.0. The third-order valence-electron chi connectivity index (χ3n) is 2.90. The van der Waals surface area contributed by atoms with Crippen LogP contribution in [-0.4, -0.2) is 23.8 Å². The lowest BCUT2D eigenvalue weighted by Crippen LogP contribution is -2.44. The number of aliphatic hydroxyl groups excluding tert-OH is 1. The van der Waals surface area contributed by atoms with Crippen LogP contribution in [0.4, 0.5) is 9.18 Å². The van der Waals surface area contributed by atoms with Crippen molar-refractivity contribution in [2.24, 2.45) is 5.92 Å². The molecule has 1 unspecified atom stereocenters. The van der Waals surface area contributed by atoms with Crippen LogP contribution < -0.4 is 10.6 Å². The largest absolute Gasteiger partial charge is 0.396 e. The predicted octanol–water partition coefficient (Wildman–Crippen LogP) is 2.03. The maximum Gasteiger partial charge on any atom is 0.315 e. The molecule has 1 atom stereocenters.